The van der Waals surface area contributed by atoms with E-state index in [1.54, 1.807) is 7.11 Å². The second-order valence-electron chi connectivity index (χ2n) is 4.28. The van der Waals surface area contributed by atoms with Crippen molar-refractivity contribution in [3.63, 3.8) is 0 Å². The number of nitrogens with one attached hydrogen (secondary N) is 2. The molecule has 1 saturated carbocycles. The number of methoxy groups -OCH3 is 1. The summed E-state index contributed by atoms with van der Waals surface area (Å²) in [5.74, 6) is -0.0452. The van der Waals surface area contributed by atoms with Gasteiger partial charge in [-0.2, -0.15) is 0 Å². The van der Waals surface area contributed by atoms with E-state index in [0.717, 1.165) is 19.3 Å². The van der Waals surface area contributed by atoms with Gasteiger partial charge in [0.25, 0.3) is 0 Å². The van der Waals surface area contributed by atoms with Gasteiger partial charge in [0.2, 0.25) is 5.91 Å². The second kappa shape index (κ2) is 6.83. The third-order valence-electron chi connectivity index (χ3n) is 2.94. The number of aliphatic hydroxyl groups excluding tert-OH is 1. The van der Waals surface area contributed by atoms with E-state index < -0.39 is 0 Å². The normalized spacial score (nSPS) is 26.7. The Kier molecular flexibility index (Phi) is 5.73. The standard InChI is InChI=1S/C11H22N2O3/c1-8(11(15)12-6-7-16-2)13-9-4-3-5-10(9)14/h8-10,13-14H,3-7H2,1-2H3,(H,12,15). The molecule has 0 aliphatic heterocycles. The maximum absolute atomic E-state index is 11.6. The molecule has 1 amide bonds. The summed E-state index contributed by atoms with van der Waals surface area (Å²) in [6.45, 7) is 2.85. The van der Waals surface area contributed by atoms with Gasteiger partial charge >= 0.3 is 0 Å². The predicted octanol–water partition coefficient (Wildman–Crippen LogP) is -0.359. The maximum atomic E-state index is 11.6. The number of ether oxygens (including phenoxy) is 1. The minimum atomic E-state index is -0.311. The first-order valence-corrected chi connectivity index (χ1v) is 5.86. The van der Waals surface area contributed by atoms with Crippen molar-refractivity contribution in [3.8, 4) is 0 Å². The SMILES string of the molecule is COCCNC(=O)C(C)NC1CCCC1O. The molecule has 0 aromatic heterocycles. The van der Waals surface area contributed by atoms with Gasteiger partial charge in [0.1, 0.15) is 0 Å². The first-order valence-electron chi connectivity index (χ1n) is 5.86. The number of carbonyl (C=O) groups excluding carboxylic acids is 1. The highest BCUT2D eigenvalue weighted by Crippen LogP contribution is 2.19. The van der Waals surface area contributed by atoms with Crippen molar-refractivity contribution in [2.75, 3.05) is 20.3 Å². The largest absolute Gasteiger partial charge is 0.392 e. The minimum absolute atomic E-state index is 0.0452. The van der Waals surface area contributed by atoms with Gasteiger partial charge in [-0.05, 0) is 26.2 Å². The molecule has 1 rings (SSSR count). The van der Waals surface area contributed by atoms with E-state index >= 15 is 0 Å². The van der Waals surface area contributed by atoms with Crippen LogP contribution in [0.5, 0.6) is 0 Å². The van der Waals surface area contributed by atoms with Crippen molar-refractivity contribution in [1.82, 2.24) is 10.6 Å². The van der Waals surface area contributed by atoms with Gasteiger partial charge in [-0.1, -0.05) is 0 Å². The van der Waals surface area contributed by atoms with Crippen LogP contribution in [0.4, 0.5) is 0 Å². The van der Waals surface area contributed by atoms with Gasteiger partial charge < -0.3 is 20.5 Å². The van der Waals surface area contributed by atoms with Crippen LogP contribution in [0.25, 0.3) is 0 Å². The van der Waals surface area contributed by atoms with Gasteiger partial charge in [-0.15, -0.1) is 0 Å². The summed E-state index contributed by atoms with van der Waals surface area (Å²) >= 11 is 0. The smallest absolute Gasteiger partial charge is 0.236 e. The average molecular weight is 230 g/mol. The zero-order valence-electron chi connectivity index (χ0n) is 10.0. The summed E-state index contributed by atoms with van der Waals surface area (Å²) in [6, 6.07) is -0.210. The molecule has 1 aliphatic rings. The highest BCUT2D eigenvalue weighted by Gasteiger charge is 2.27. The van der Waals surface area contributed by atoms with Gasteiger partial charge in [0, 0.05) is 19.7 Å². The van der Waals surface area contributed by atoms with E-state index in [-0.39, 0.29) is 24.1 Å². The van der Waals surface area contributed by atoms with Crippen LogP contribution in [0.1, 0.15) is 26.2 Å². The topological polar surface area (TPSA) is 70.6 Å². The van der Waals surface area contributed by atoms with Crippen molar-refractivity contribution in [1.29, 1.82) is 0 Å². The van der Waals surface area contributed by atoms with E-state index in [4.69, 9.17) is 4.74 Å². The molecular weight excluding hydrogens is 208 g/mol. The van der Waals surface area contributed by atoms with Crippen molar-refractivity contribution < 1.29 is 14.6 Å². The number of hydrogen-bond donors (Lipinski definition) is 3. The van der Waals surface area contributed by atoms with Crippen LogP contribution < -0.4 is 10.6 Å². The Hall–Kier alpha value is -0.650. The van der Waals surface area contributed by atoms with Crippen LogP contribution in [0.15, 0.2) is 0 Å². The predicted molar refractivity (Wildman–Crippen MR) is 61.1 cm³/mol. The molecule has 3 N–H and O–H groups in total. The lowest BCUT2D eigenvalue weighted by Crippen LogP contribution is -2.49. The molecule has 0 aromatic carbocycles. The lowest BCUT2D eigenvalue weighted by molar-refractivity contribution is -0.123. The monoisotopic (exact) mass is 230 g/mol. The average Bonchev–Trinajstić information content (AvgIpc) is 2.64. The molecule has 3 unspecified atom stereocenters. The van der Waals surface area contributed by atoms with Crippen LogP contribution in [0.2, 0.25) is 0 Å². The van der Waals surface area contributed by atoms with E-state index in [9.17, 15) is 9.90 Å². The zero-order chi connectivity index (χ0) is 12.0. The highest BCUT2D eigenvalue weighted by atomic mass is 16.5. The molecule has 5 nitrogen and oxygen atoms in total. The number of amides is 1. The van der Waals surface area contributed by atoms with Gasteiger partial charge in [-0.3, -0.25) is 4.79 Å². The molecule has 94 valence electrons. The summed E-state index contributed by atoms with van der Waals surface area (Å²) in [5, 5.41) is 15.5. The number of aliphatic hydroxyl groups is 1. The zero-order valence-corrected chi connectivity index (χ0v) is 10.0. The van der Waals surface area contributed by atoms with Crippen LogP contribution in [0, 0.1) is 0 Å². The van der Waals surface area contributed by atoms with Crippen molar-refractivity contribution in [3.05, 3.63) is 0 Å². The molecule has 0 bridgehead atoms. The lowest BCUT2D eigenvalue weighted by atomic mass is 10.2. The molecule has 16 heavy (non-hydrogen) atoms. The van der Waals surface area contributed by atoms with Crippen LogP contribution >= 0.6 is 0 Å². The first-order chi connectivity index (χ1) is 7.65. The summed E-state index contributed by atoms with van der Waals surface area (Å²) in [7, 11) is 1.60. The molecule has 1 fully saturated rings. The molecule has 3 atom stereocenters. The molecule has 0 spiro atoms. The molecule has 1 aliphatic carbocycles. The molecular formula is C11H22N2O3. The summed E-state index contributed by atoms with van der Waals surface area (Å²) in [4.78, 5) is 11.6. The molecule has 5 heteroatoms. The Balaban J connectivity index is 2.22. The third kappa shape index (κ3) is 4.08. The van der Waals surface area contributed by atoms with E-state index in [1.165, 1.54) is 0 Å². The third-order valence-corrected chi connectivity index (χ3v) is 2.94. The fourth-order valence-electron chi connectivity index (χ4n) is 1.96. The summed E-state index contributed by atoms with van der Waals surface area (Å²) in [5.41, 5.74) is 0. The lowest BCUT2D eigenvalue weighted by Gasteiger charge is -2.21. The number of rotatable bonds is 6. The fraction of sp³-hybridized carbons (Fsp3) is 0.909. The van der Waals surface area contributed by atoms with Crippen molar-refractivity contribution >= 4 is 5.91 Å². The van der Waals surface area contributed by atoms with Crippen molar-refractivity contribution in [2.45, 2.75) is 44.4 Å². The minimum Gasteiger partial charge on any atom is -0.392 e. The molecule has 0 radical (unpaired) electrons. The van der Waals surface area contributed by atoms with Gasteiger partial charge in [0.15, 0.2) is 0 Å². The van der Waals surface area contributed by atoms with Crippen LogP contribution in [-0.2, 0) is 9.53 Å². The quantitative estimate of drug-likeness (QED) is 0.545. The second-order valence-corrected chi connectivity index (χ2v) is 4.28. The highest BCUT2D eigenvalue weighted by molar-refractivity contribution is 5.81. The summed E-state index contributed by atoms with van der Waals surface area (Å²) < 4.78 is 4.85. The van der Waals surface area contributed by atoms with E-state index in [2.05, 4.69) is 10.6 Å². The molecule has 0 aromatic rings. The Morgan fingerprint density at radius 3 is 2.88 bits per heavy atom. The van der Waals surface area contributed by atoms with Gasteiger partial charge in [-0.25, -0.2) is 0 Å². The Labute approximate surface area is 96.6 Å². The fourth-order valence-corrected chi connectivity index (χ4v) is 1.96. The number of hydrogen-bond acceptors (Lipinski definition) is 4. The van der Waals surface area contributed by atoms with Crippen LogP contribution in [-0.4, -0.2) is 49.5 Å². The van der Waals surface area contributed by atoms with E-state index in [0.29, 0.717) is 13.2 Å². The molecule has 0 heterocycles. The first kappa shape index (κ1) is 13.4. The molecule has 0 saturated heterocycles. The van der Waals surface area contributed by atoms with Gasteiger partial charge in [0.05, 0.1) is 18.8 Å². The Morgan fingerprint density at radius 2 is 2.31 bits per heavy atom. The summed E-state index contributed by atoms with van der Waals surface area (Å²) in [6.07, 6.45) is 2.48. The van der Waals surface area contributed by atoms with Crippen LogP contribution in [0.3, 0.4) is 0 Å². The Morgan fingerprint density at radius 1 is 1.56 bits per heavy atom. The number of carbonyl (C=O) groups is 1. The van der Waals surface area contributed by atoms with E-state index in [1.807, 2.05) is 6.92 Å². The Bertz CT molecular complexity index is 223. The maximum Gasteiger partial charge on any atom is 0.236 e. The van der Waals surface area contributed by atoms with Crippen molar-refractivity contribution in [2.24, 2.45) is 0 Å².